The molecule has 0 aromatic heterocycles. The van der Waals surface area contributed by atoms with Crippen LogP contribution in [0.2, 0.25) is 0 Å². The lowest BCUT2D eigenvalue weighted by molar-refractivity contribution is -0.0498. The molecule has 2 rings (SSSR count). The van der Waals surface area contributed by atoms with Gasteiger partial charge in [-0.05, 0) is 63.1 Å². The van der Waals surface area contributed by atoms with Crippen LogP contribution < -0.4 is 14.8 Å². The van der Waals surface area contributed by atoms with Crippen LogP contribution in [0.25, 0.3) is 0 Å². The molecule has 2 aromatic carbocycles. The molecule has 6 nitrogen and oxygen atoms in total. The van der Waals surface area contributed by atoms with Crippen molar-refractivity contribution in [1.29, 1.82) is 0 Å². The van der Waals surface area contributed by atoms with Crippen molar-refractivity contribution in [2.45, 2.75) is 51.3 Å². The highest BCUT2D eigenvalue weighted by Crippen LogP contribution is 2.19. The van der Waals surface area contributed by atoms with E-state index in [0.29, 0.717) is 11.1 Å². The van der Waals surface area contributed by atoms with Gasteiger partial charge in [0.2, 0.25) is 10.0 Å². The van der Waals surface area contributed by atoms with E-state index in [4.69, 9.17) is 0 Å². The van der Waals surface area contributed by atoms with Gasteiger partial charge in [-0.1, -0.05) is 18.2 Å². The molecule has 0 bridgehead atoms. The summed E-state index contributed by atoms with van der Waals surface area (Å²) in [5, 5.41) is 2.67. The summed E-state index contributed by atoms with van der Waals surface area (Å²) in [6.45, 7) is 3.98. The number of sulfonamides is 1. The van der Waals surface area contributed by atoms with Crippen LogP contribution in [0.1, 0.15) is 42.3 Å². The molecule has 0 atom stereocenters. The number of hydrogen-bond acceptors (Lipinski definition) is 4. The fourth-order valence-electron chi connectivity index (χ4n) is 2.58. The second-order valence-corrected chi connectivity index (χ2v) is 9.22. The summed E-state index contributed by atoms with van der Waals surface area (Å²) in [6.07, 6.45) is 0. The monoisotopic (exact) mass is 426 g/mol. The van der Waals surface area contributed by atoms with Crippen molar-refractivity contribution in [3.05, 3.63) is 59.2 Å². The Kier molecular flexibility index (Phi) is 6.97. The van der Waals surface area contributed by atoms with Crippen molar-refractivity contribution in [1.82, 2.24) is 10.0 Å². The molecule has 2 aromatic rings. The maximum atomic E-state index is 12.6. The quantitative estimate of drug-likeness (QED) is 0.709. The third-order valence-corrected chi connectivity index (χ3v) is 5.54. The third kappa shape index (κ3) is 6.79. The average molecular weight is 426 g/mol. The summed E-state index contributed by atoms with van der Waals surface area (Å²) in [6, 6.07) is 10.3. The zero-order valence-corrected chi connectivity index (χ0v) is 17.4. The lowest BCUT2D eigenvalue weighted by Crippen LogP contribution is -2.40. The lowest BCUT2D eigenvalue weighted by atomic mass is 10.1. The lowest BCUT2D eigenvalue weighted by Gasteiger charge is -2.20. The Balaban J connectivity index is 2.17. The highest BCUT2D eigenvalue weighted by molar-refractivity contribution is 7.89. The summed E-state index contributed by atoms with van der Waals surface area (Å²) >= 11 is 0. The molecule has 0 saturated heterocycles. The van der Waals surface area contributed by atoms with Crippen LogP contribution in [0.15, 0.2) is 47.4 Å². The van der Waals surface area contributed by atoms with Gasteiger partial charge in [0.25, 0.3) is 5.91 Å². The largest absolute Gasteiger partial charge is 0.435 e. The predicted octanol–water partition coefficient (Wildman–Crippen LogP) is 3.60. The number of nitrogens with one attached hydrogen (secondary N) is 2. The fraction of sp³-hybridized carbons (Fsp3) is 0.350. The smallest absolute Gasteiger partial charge is 0.387 e. The zero-order valence-electron chi connectivity index (χ0n) is 16.6. The van der Waals surface area contributed by atoms with Crippen molar-refractivity contribution in [3.8, 4) is 5.75 Å². The highest BCUT2D eigenvalue weighted by Gasteiger charge is 2.23. The molecule has 0 fully saturated rings. The normalized spacial score (nSPS) is 12.1. The van der Waals surface area contributed by atoms with E-state index in [-0.39, 0.29) is 22.8 Å². The molecule has 1 amide bonds. The summed E-state index contributed by atoms with van der Waals surface area (Å²) in [4.78, 5) is 12.6. The standard InChI is InChI=1S/C20H24F2N2O4S/c1-13-8-9-16(29(26,27)24-20(2,3)4)11-17(13)18(25)23-12-14-6-5-7-15(10-14)28-19(21)22/h5-11,19,24H,12H2,1-4H3,(H,23,25). The molecule has 29 heavy (non-hydrogen) atoms. The molecule has 2 N–H and O–H groups in total. The number of rotatable bonds is 7. The van der Waals surface area contributed by atoms with Gasteiger partial charge in [-0.25, -0.2) is 13.1 Å². The first-order valence-corrected chi connectivity index (χ1v) is 10.3. The van der Waals surface area contributed by atoms with Crippen LogP contribution in [0.4, 0.5) is 8.78 Å². The Morgan fingerprint density at radius 2 is 1.83 bits per heavy atom. The second-order valence-electron chi connectivity index (χ2n) is 7.54. The minimum absolute atomic E-state index is 0.00993. The van der Waals surface area contributed by atoms with E-state index in [9.17, 15) is 22.0 Å². The van der Waals surface area contributed by atoms with Gasteiger partial charge in [0.15, 0.2) is 0 Å². The minimum atomic E-state index is -3.79. The fourth-order valence-corrected chi connectivity index (χ4v) is 4.03. The highest BCUT2D eigenvalue weighted by atomic mass is 32.2. The minimum Gasteiger partial charge on any atom is -0.435 e. The van der Waals surface area contributed by atoms with Crippen molar-refractivity contribution < 1.29 is 26.7 Å². The first-order valence-electron chi connectivity index (χ1n) is 8.84. The Labute approximate surface area is 169 Å². The molecule has 0 spiro atoms. The Hall–Kier alpha value is -2.52. The van der Waals surface area contributed by atoms with E-state index in [0.717, 1.165) is 0 Å². The number of halogens is 2. The molecule has 0 unspecified atom stereocenters. The molecule has 0 radical (unpaired) electrons. The number of carbonyl (C=O) groups excluding carboxylic acids is 1. The Morgan fingerprint density at radius 3 is 2.45 bits per heavy atom. The molecular formula is C20H24F2N2O4S. The summed E-state index contributed by atoms with van der Waals surface area (Å²) in [5.74, 6) is -0.486. The predicted molar refractivity (Wildman–Crippen MR) is 105 cm³/mol. The molecule has 0 saturated carbocycles. The van der Waals surface area contributed by atoms with Crippen molar-refractivity contribution in [2.24, 2.45) is 0 Å². The summed E-state index contributed by atoms with van der Waals surface area (Å²) in [5.41, 5.74) is 0.707. The van der Waals surface area contributed by atoms with Gasteiger partial charge in [0, 0.05) is 17.6 Å². The number of hydrogen-bond donors (Lipinski definition) is 2. The van der Waals surface area contributed by atoms with Crippen molar-refractivity contribution >= 4 is 15.9 Å². The van der Waals surface area contributed by atoms with Gasteiger partial charge in [-0.15, -0.1) is 0 Å². The maximum absolute atomic E-state index is 12.6. The number of aryl methyl sites for hydroxylation is 1. The average Bonchev–Trinajstić information content (AvgIpc) is 2.57. The van der Waals surface area contributed by atoms with Crippen LogP contribution in [0.3, 0.4) is 0 Å². The van der Waals surface area contributed by atoms with Crippen molar-refractivity contribution in [3.63, 3.8) is 0 Å². The van der Waals surface area contributed by atoms with Gasteiger partial charge in [0.05, 0.1) is 4.90 Å². The van der Waals surface area contributed by atoms with Crippen LogP contribution >= 0.6 is 0 Å². The van der Waals surface area contributed by atoms with E-state index >= 15 is 0 Å². The van der Waals surface area contributed by atoms with Crippen LogP contribution in [0, 0.1) is 6.92 Å². The van der Waals surface area contributed by atoms with Crippen LogP contribution in [-0.2, 0) is 16.6 Å². The van der Waals surface area contributed by atoms with Gasteiger partial charge in [-0.3, -0.25) is 4.79 Å². The van der Waals surface area contributed by atoms with E-state index in [1.54, 1.807) is 39.8 Å². The molecule has 158 valence electrons. The molecule has 0 aliphatic carbocycles. The number of carbonyl (C=O) groups is 1. The second kappa shape index (κ2) is 8.87. The SMILES string of the molecule is Cc1ccc(S(=O)(=O)NC(C)(C)C)cc1C(=O)NCc1cccc(OC(F)F)c1. The Bertz CT molecular complexity index is 986. The van der Waals surface area contributed by atoms with E-state index in [1.807, 2.05) is 0 Å². The van der Waals surface area contributed by atoms with E-state index in [2.05, 4.69) is 14.8 Å². The first-order chi connectivity index (χ1) is 13.4. The Morgan fingerprint density at radius 1 is 1.14 bits per heavy atom. The molecule has 0 aliphatic heterocycles. The topological polar surface area (TPSA) is 84.5 Å². The zero-order chi connectivity index (χ0) is 21.8. The molecule has 0 aliphatic rings. The van der Waals surface area contributed by atoms with E-state index in [1.165, 1.54) is 30.3 Å². The summed E-state index contributed by atoms with van der Waals surface area (Å²) in [7, 11) is -3.79. The maximum Gasteiger partial charge on any atom is 0.387 e. The van der Waals surface area contributed by atoms with Gasteiger partial charge in [-0.2, -0.15) is 8.78 Å². The van der Waals surface area contributed by atoms with E-state index < -0.39 is 28.1 Å². The van der Waals surface area contributed by atoms with Gasteiger partial charge < -0.3 is 10.1 Å². The summed E-state index contributed by atoms with van der Waals surface area (Å²) < 4.78 is 56.6. The van der Waals surface area contributed by atoms with Crippen LogP contribution in [0.5, 0.6) is 5.75 Å². The number of benzene rings is 2. The number of amides is 1. The van der Waals surface area contributed by atoms with Gasteiger partial charge in [0.1, 0.15) is 5.75 Å². The molecule has 0 heterocycles. The van der Waals surface area contributed by atoms with Crippen molar-refractivity contribution in [2.75, 3.05) is 0 Å². The number of alkyl halides is 2. The molecule has 9 heteroatoms. The van der Waals surface area contributed by atoms with Crippen LogP contribution in [-0.4, -0.2) is 26.5 Å². The molecular weight excluding hydrogens is 402 g/mol. The third-order valence-electron chi connectivity index (χ3n) is 3.78. The number of ether oxygens (including phenoxy) is 1. The van der Waals surface area contributed by atoms with Gasteiger partial charge >= 0.3 is 6.61 Å². The first kappa shape index (κ1) is 22.8.